The minimum atomic E-state index is -3.50. The van der Waals surface area contributed by atoms with Crippen LogP contribution in [0.5, 0.6) is 5.75 Å². The van der Waals surface area contributed by atoms with Crippen LogP contribution in [-0.4, -0.2) is 38.8 Å². The molecule has 1 amide bonds. The molecular formula is C21H26N2O4S. The summed E-state index contributed by atoms with van der Waals surface area (Å²) in [5.41, 5.74) is 1.69. The molecule has 0 aliphatic carbocycles. The van der Waals surface area contributed by atoms with Gasteiger partial charge in [-0.05, 0) is 44.4 Å². The van der Waals surface area contributed by atoms with Gasteiger partial charge >= 0.3 is 0 Å². The molecule has 0 aromatic heterocycles. The topological polar surface area (TPSA) is 75.7 Å². The maximum absolute atomic E-state index is 12.7. The number of ether oxygens (including phenoxy) is 1. The monoisotopic (exact) mass is 402 g/mol. The highest BCUT2D eigenvalue weighted by atomic mass is 32.2. The van der Waals surface area contributed by atoms with Crippen LogP contribution in [0.15, 0.2) is 54.6 Å². The molecule has 6 nitrogen and oxygen atoms in total. The molecule has 28 heavy (non-hydrogen) atoms. The normalized spacial score (nSPS) is 17.4. The molecule has 1 aliphatic heterocycles. The highest BCUT2D eigenvalue weighted by molar-refractivity contribution is 7.92. The number of amides is 1. The Balaban J connectivity index is 1.67. The number of aryl methyl sites for hydroxylation is 1. The lowest BCUT2D eigenvalue weighted by molar-refractivity contribution is -0.128. The average Bonchev–Trinajstić information content (AvgIpc) is 2.72. The smallest absolute Gasteiger partial charge is 0.263 e. The second-order valence-electron chi connectivity index (χ2n) is 6.94. The van der Waals surface area contributed by atoms with E-state index in [-0.39, 0.29) is 24.2 Å². The summed E-state index contributed by atoms with van der Waals surface area (Å²) in [6.45, 7) is 3.51. The Bertz CT molecular complexity index is 915. The number of hydrogen-bond acceptors (Lipinski definition) is 4. The van der Waals surface area contributed by atoms with E-state index in [0.29, 0.717) is 11.4 Å². The molecule has 1 aliphatic rings. The van der Waals surface area contributed by atoms with Gasteiger partial charge in [0.1, 0.15) is 5.75 Å². The zero-order valence-corrected chi connectivity index (χ0v) is 17.0. The van der Waals surface area contributed by atoms with E-state index in [1.54, 1.807) is 31.2 Å². The van der Waals surface area contributed by atoms with Gasteiger partial charge in [0.15, 0.2) is 6.10 Å². The van der Waals surface area contributed by atoms with Gasteiger partial charge in [-0.15, -0.1) is 0 Å². The van der Waals surface area contributed by atoms with Gasteiger partial charge in [-0.3, -0.25) is 9.10 Å². The van der Waals surface area contributed by atoms with Gasteiger partial charge < -0.3 is 10.1 Å². The van der Waals surface area contributed by atoms with Crippen LogP contribution in [0.25, 0.3) is 0 Å². The molecule has 1 N–H and O–H groups in total. The summed E-state index contributed by atoms with van der Waals surface area (Å²) in [5.74, 6) is 0.0672. The lowest BCUT2D eigenvalue weighted by Crippen LogP contribution is -2.52. The fraction of sp³-hybridized carbons (Fsp3) is 0.381. The van der Waals surface area contributed by atoms with Gasteiger partial charge in [-0.2, -0.15) is 0 Å². The van der Waals surface area contributed by atoms with Gasteiger partial charge in [0.05, 0.1) is 18.0 Å². The van der Waals surface area contributed by atoms with Crippen molar-refractivity contribution in [2.75, 3.05) is 16.6 Å². The van der Waals surface area contributed by atoms with E-state index >= 15 is 0 Å². The Morgan fingerprint density at radius 3 is 2.57 bits per heavy atom. The number of nitrogens with one attached hydrogen (secondary N) is 1. The maximum atomic E-state index is 12.7. The molecule has 1 heterocycles. The number of fused-ring (bicyclic) bond motifs is 1. The number of hydrogen-bond donors (Lipinski definition) is 1. The Labute approximate surface area is 166 Å². The van der Waals surface area contributed by atoms with E-state index in [2.05, 4.69) is 17.4 Å². The van der Waals surface area contributed by atoms with Crippen LogP contribution in [-0.2, 0) is 21.2 Å². The average molecular weight is 403 g/mol. The number of sulfonamides is 1. The summed E-state index contributed by atoms with van der Waals surface area (Å²) in [5, 5.41) is 2.96. The third-order valence-electron chi connectivity index (χ3n) is 4.83. The fourth-order valence-electron chi connectivity index (χ4n) is 3.19. The van der Waals surface area contributed by atoms with Crippen molar-refractivity contribution >= 4 is 21.6 Å². The molecule has 0 spiro atoms. The van der Waals surface area contributed by atoms with Crippen molar-refractivity contribution in [2.24, 2.45) is 0 Å². The predicted molar refractivity (Wildman–Crippen MR) is 110 cm³/mol. The molecule has 0 bridgehead atoms. The lowest BCUT2D eigenvalue weighted by Gasteiger charge is -2.35. The summed E-state index contributed by atoms with van der Waals surface area (Å²) >= 11 is 0. The van der Waals surface area contributed by atoms with E-state index in [1.807, 2.05) is 25.1 Å². The molecule has 0 fully saturated rings. The van der Waals surface area contributed by atoms with Crippen molar-refractivity contribution in [1.82, 2.24) is 5.32 Å². The van der Waals surface area contributed by atoms with Crippen molar-refractivity contribution in [3.63, 3.8) is 0 Å². The number of nitrogens with zero attached hydrogens (tertiary/aromatic N) is 1. The van der Waals surface area contributed by atoms with Crippen LogP contribution < -0.4 is 14.4 Å². The third-order valence-corrected chi connectivity index (χ3v) is 6.57. The first kappa shape index (κ1) is 20.2. The number of carbonyl (C=O) groups excluding carboxylic acids is 1. The summed E-state index contributed by atoms with van der Waals surface area (Å²) in [6, 6.07) is 16.9. The standard InChI is InChI=1S/C21H26N2O4S/c1-3-28(25,26)23-15-20(27-19-12-8-7-11-18(19)23)21(24)22-16(2)13-14-17-9-5-4-6-10-17/h4-12,16,20H,3,13-15H2,1-2H3,(H,22,24)/t16-,20-/m1/s1. The van der Waals surface area contributed by atoms with Crippen LogP contribution in [0.2, 0.25) is 0 Å². The van der Waals surface area contributed by atoms with E-state index in [0.717, 1.165) is 12.8 Å². The van der Waals surface area contributed by atoms with Gasteiger partial charge in [-0.25, -0.2) is 8.42 Å². The second-order valence-corrected chi connectivity index (χ2v) is 9.12. The van der Waals surface area contributed by atoms with Crippen molar-refractivity contribution in [3.8, 4) is 5.75 Å². The van der Waals surface area contributed by atoms with Crippen LogP contribution in [0.4, 0.5) is 5.69 Å². The molecule has 0 unspecified atom stereocenters. The molecule has 2 atom stereocenters. The molecule has 150 valence electrons. The second kappa shape index (κ2) is 8.65. The number of carbonyl (C=O) groups is 1. The van der Waals surface area contributed by atoms with E-state index in [9.17, 15) is 13.2 Å². The maximum Gasteiger partial charge on any atom is 0.263 e. The van der Waals surface area contributed by atoms with Gasteiger partial charge in [0.2, 0.25) is 10.0 Å². The lowest BCUT2D eigenvalue weighted by atomic mass is 10.1. The van der Waals surface area contributed by atoms with E-state index in [4.69, 9.17) is 4.74 Å². The summed E-state index contributed by atoms with van der Waals surface area (Å²) in [4.78, 5) is 12.7. The molecule has 7 heteroatoms. The summed E-state index contributed by atoms with van der Waals surface area (Å²) < 4.78 is 32.1. The zero-order valence-electron chi connectivity index (χ0n) is 16.2. The van der Waals surface area contributed by atoms with Crippen LogP contribution in [0, 0.1) is 0 Å². The number of anilines is 1. The molecule has 3 rings (SSSR count). The van der Waals surface area contributed by atoms with Crippen LogP contribution >= 0.6 is 0 Å². The van der Waals surface area contributed by atoms with Gasteiger partial charge in [0.25, 0.3) is 5.91 Å². The molecule has 2 aromatic rings. The molecule has 2 aromatic carbocycles. The molecule has 0 saturated heterocycles. The van der Waals surface area contributed by atoms with Crippen LogP contribution in [0.3, 0.4) is 0 Å². The van der Waals surface area contributed by atoms with Gasteiger partial charge in [-0.1, -0.05) is 42.5 Å². The van der Waals surface area contributed by atoms with Crippen LogP contribution in [0.1, 0.15) is 25.8 Å². The first-order chi connectivity index (χ1) is 13.4. The Kier molecular flexibility index (Phi) is 6.24. The number of benzene rings is 2. The summed E-state index contributed by atoms with van der Waals surface area (Å²) in [6.07, 6.45) is 0.763. The molecule has 0 radical (unpaired) electrons. The minimum Gasteiger partial charge on any atom is -0.476 e. The predicted octanol–water partition coefficient (Wildman–Crippen LogP) is 2.74. The Hall–Kier alpha value is -2.54. The SMILES string of the molecule is CCS(=O)(=O)N1C[C@H](C(=O)N[C@H](C)CCc2ccccc2)Oc2ccccc21. The largest absolute Gasteiger partial charge is 0.476 e. The van der Waals surface area contributed by atoms with Crippen molar-refractivity contribution < 1.29 is 17.9 Å². The number of rotatable bonds is 7. The first-order valence-electron chi connectivity index (χ1n) is 9.51. The van der Waals surface area contributed by atoms with Crippen molar-refractivity contribution in [2.45, 2.75) is 38.8 Å². The summed E-state index contributed by atoms with van der Waals surface area (Å²) in [7, 11) is -3.50. The van der Waals surface area contributed by atoms with E-state index < -0.39 is 16.1 Å². The minimum absolute atomic E-state index is 0.0234. The Morgan fingerprint density at radius 1 is 1.18 bits per heavy atom. The molecule has 0 saturated carbocycles. The fourth-order valence-corrected chi connectivity index (χ4v) is 4.32. The zero-order chi connectivity index (χ0) is 20.1. The quantitative estimate of drug-likeness (QED) is 0.773. The highest BCUT2D eigenvalue weighted by Gasteiger charge is 2.36. The Morgan fingerprint density at radius 2 is 1.86 bits per heavy atom. The van der Waals surface area contributed by atoms with Crippen molar-refractivity contribution in [1.29, 1.82) is 0 Å². The third kappa shape index (κ3) is 4.65. The van der Waals surface area contributed by atoms with E-state index in [1.165, 1.54) is 9.87 Å². The van der Waals surface area contributed by atoms with Gasteiger partial charge in [0, 0.05) is 6.04 Å². The number of para-hydroxylation sites is 2. The molecular weight excluding hydrogens is 376 g/mol. The first-order valence-corrected chi connectivity index (χ1v) is 11.1. The van der Waals surface area contributed by atoms with Crippen molar-refractivity contribution in [3.05, 3.63) is 60.2 Å². The highest BCUT2D eigenvalue weighted by Crippen LogP contribution is 2.35.